The summed E-state index contributed by atoms with van der Waals surface area (Å²) in [7, 11) is 1.57. The molecule has 0 aromatic heterocycles. The Balaban J connectivity index is 2.01. The normalized spacial score (nSPS) is 19.7. The molecule has 0 bridgehead atoms. The lowest BCUT2D eigenvalue weighted by atomic mass is 9.85. The number of Topliss-reactive ketones (excluding diaryl/α,β-unsaturated/α-hetero) is 1. The Morgan fingerprint density at radius 3 is 2.29 bits per heavy atom. The fraction of sp³-hybridized carbons (Fsp3) is 0.462. The van der Waals surface area contributed by atoms with Crippen molar-refractivity contribution in [2.24, 2.45) is 11.8 Å². The number of hydrogen-bond donors (Lipinski definition) is 1. The van der Waals surface area contributed by atoms with Crippen molar-refractivity contribution >= 4 is 11.7 Å². The van der Waals surface area contributed by atoms with E-state index >= 15 is 0 Å². The van der Waals surface area contributed by atoms with E-state index < -0.39 is 0 Å². The molecule has 0 saturated carbocycles. The van der Waals surface area contributed by atoms with Crippen molar-refractivity contribution < 1.29 is 19.4 Å². The number of methoxy groups -OCH3 is 1. The van der Waals surface area contributed by atoms with Gasteiger partial charge in [-0.1, -0.05) is 38.1 Å². The minimum absolute atomic E-state index is 0.00812. The molecule has 5 heteroatoms. The van der Waals surface area contributed by atoms with Gasteiger partial charge in [0.15, 0.2) is 5.78 Å². The molecule has 3 unspecified atom stereocenters. The molecule has 1 saturated heterocycles. The number of phenolic OH excluding ortho intramolecular Hbond substituents is 1. The molecule has 5 nitrogen and oxygen atoms in total. The van der Waals surface area contributed by atoms with Crippen LogP contribution in [-0.4, -0.2) is 41.9 Å². The van der Waals surface area contributed by atoms with Crippen LogP contribution in [0.1, 0.15) is 66.6 Å². The highest BCUT2D eigenvalue weighted by molar-refractivity contribution is 5.94. The number of nitrogens with zero attached hydrogens (tertiary/aromatic N) is 1. The monoisotopic (exact) mass is 423 g/mol. The van der Waals surface area contributed by atoms with Gasteiger partial charge in [0.05, 0.1) is 7.11 Å². The van der Waals surface area contributed by atoms with Crippen molar-refractivity contribution in [1.82, 2.24) is 4.90 Å². The molecule has 166 valence electrons. The number of carbonyl (C=O) groups excluding carboxylic acids is 2. The average molecular weight is 424 g/mol. The third-order valence-corrected chi connectivity index (χ3v) is 6.15. The zero-order valence-electron chi connectivity index (χ0n) is 19.1. The van der Waals surface area contributed by atoms with Crippen LogP contribution in [0.4, 0.5) is 0 Å². The van der Waals surface area contributed by atoms with Gasteiger partial charge in [-0.05, 0) is 55.4 Å². The molecule has 1 heterocycles. The number of rotatable bonds is 6. The Hall–Kier alpha value is -2.82. The maximum Gasteiger partial charge on any atom is 0.223 e. The van der Waals surface area contributed by atoms with Crippen LogP contribution in [0.3, 0.4) is 0 Å². The second kappa shape index (κ2) is 9.54. The molecule has 2 aromatic rings. The quantitative estimate of drug-likeness (QED) is 0.669. The largest absolute Gasteiger partial charge is 0.507 e. The van der Waals surface area contributed by atoms with Crippen molar-refractivity contribution in [3.8, 4) is 11.5 Å². The van der Waals surface area contributed by atoms with E-state index in [1.807, 2.05) is 30.0 Å². The zero-order valence-corrected chi connectivity index (χ0v) is 19.1. The van der Waals surface area contributed by atoms with E-state index in [4.69, 9.17) is 4.74 Å². The number of carbonyl (C=O) groups is 2. The van der Waals surface area contributed by atoms with Crippen molar-refractivity contribution in [2.75, 3.05) is 20.2 Å². The Morgan fingerprint density at radius 1 is 1.13 bits per heavy atom. The van der Waals surface area contributed by atoms with E-state index in [-0.39, 0.29) is 29.8 Å². The Kier molecular flexibility index (Phi) is 7.04. The number of ether oxygens (including phenoxy) is 1. The standard InChI is InChI=1S/C26H33NO4/c1-16-11-23(29)26(24(12-16)31-5)22(21-8-6-20(7-9-21)19(4)28)13-25(30)27-14-17(2)10-18(3)15-27/h6-9,11-12,17-18,22,29H,10,13-15H2,1-5H3. The van der Waals surface area contributed by atoms with E-state index in [9.17, 15) is 14.7 Å². The molecule has 0 radical (unpaired) electrons. The van der Waals surface area contributed by atoms with Gasteiger partial charge in [0.2, 0.25) is 5.91 Å². The molecule has 3 atom stereocenters. The van der Waals surface area contributed by atoms with Crippen molar-refractivity contribution in [3.05, 3.63) is 58.7 Å². The summed E-state index contributed by atoms with van der Waals surface area (Å²) in [5.41, 5.74) is 2.98. The first-order chi connectivity index (χ1) is 14.7. The summed E-state index contributed by atoms with van der Waals surface area (Å²) in [5, 5.41) is 10.8. The van der Waals surface area contributed by atoms with Gasteiger partial charge in [-0.15, -0.1) is 0 Å². The first kappa shape index (κ1) is 22.9. The highest BCUT2D eigenvalue weighted by atomic mass is 16.5. The summed E-state index contributed by atoms with van der Waals surface area (Å²) in [6, 6.07) is 10.9. The van der Waals surface area contributed by atoms with Crippen LogP contribution in [0, 0.1) is 18.8 Å². The SMILES string of the molecule is COc1cc(C)cc(O)c1C(CC(=O)N1CC(C)CC(C)C1)c1ccc(C(C)=O)cc1. The third kappa shape index (κ3) is 5.27. The summed E-state index contributed by atoms with van der Waals surface area (Å²) in [6.45, 7) is 9.31. The van der Waals surface area contributed by atoms with Gasteiger partial charge in [0, 0.05) is 36.6 Å². The average Bonchev–Trinajstić information content (AvgIpc) is 2.71. The number of likely N-dealkylation sites (tertiary alicyclic amines) is 1. The number of aromatic hydroxyl groups is 1. The van der Waals surface area contributed by atoms with Gasteiger partial charge in [0.25, 0.3) is 0 Å². The Bertz CT molecular complexity index is 941. The lowest BCUT2D eigenvalue weighted by molar-refractivity contribution is -0.134. The minimum Gasteiger partial charge on any atom is -0.507 e. The highest BCUT2D eigenvalue weighted by Crippen LogP contribution is 2.41. The van der Waals surface area contributed by atoms with E-state index in [2.05, 4.69) is 13.8 Å². The molecule has 0 aliphatic carbocycles. The fourth-order valence-electron chi connectivity index (χ4n) is 4.77. The van der Waals surface area contributed by atoms with Gasteiger partial charge < -0.3 is 14.7 Å². The van der Waals surface area contributed by atoms with Crippen molar-refractivity contribution in [3.63, 3.8) is 0 Å². The number of benzene rings is 2. The fourth-order valence-corrected chi connectivity index (χ4v) is 4.77. The van der Waals surface area contributed by atoms with Crippen molar-refractivity contribution in [2.45, 2.75) is 46.5 Å². The van der Waals surface area contributed by atoms with E-state index in [0.29, 0.717) is 28.7 Å². The molecule has 1 aliphatic heterocycles. The predicted octanol–water partition coefficient (Wildman–Crippen LogP) is 4.94. The summed E-state index contributed by atoms with van der Waals surface area (Å²) in [4.78, 5) is 27.0. The molecule has 3 rings (SSSR count). The van der Waals surface area contributed by atoms with Gasteiger partial charge in [-0.3, -0.25) is 9.59 Å². The van der Waals surface area contributed by atoms with Crippen LogP contribution >= 0.6 is 0 Å². The number of aryl methyl sites for hydroxylation is 1. The van der Waals surface area contributed by atoms with Gasteiger partial charge in [-0.25, -0.2) is 0 Å². The molecule has 1 aliphatic rings. The molecule has 1 fully saturated rings. The predicted molar refractivity (Wildman–Crippen MR) is 122 cm³/mol. The second-order valence-electron chi connectivity index (χ2n) is 9.08. The molecule has 2 aromatic carbocycles. The van der Waals surface area contributed by atoms with Crippen LogP contribution < -0.4 is 4.74 Å². The minimum atomic E-state index is -0.378. The van der Waals surface area contributed by atoms with Crippen LogP contribution in [-0.2, 0) is 4.79 Å². The summed E-state index contributed by atoms with van der Waals surface area (Å²) in [6.07, 6.45) is 1.36. The molecule has 1 N–H and O–H groups in total. The second-order valence-corrected chi connectivity index (χ2v) is 9.08. The van der Waals surface area contributed by atoms with Crippen LogP contribution in [0.25, 0.3) is 0 Å². The van der Waals surface area contributed by atoms with Crippen LogP contribution in [0.2, 0.25) is 0 Å². The van der Waals surface area contributed by atoms with Crippen LogP contribution in [0.15, 0.2) is 36.4 Å². The number of piperidine rings is 1. The highest BCUT2D eigenvalue weighted by Gasteiger charge is 2.30. The van der Waals surface area contributed by atoms with E-state index in [1.54, 1.807) is 25.3 Å². The van der Waals surface area contributed by atoms with Crippen molar-refractivity contribution in [1.29, 1.82) is 0 Å². The molecule has 31 heavy (non-hydrogen) atoms. The molecule has 0 spiro atoms. The van der Waals surface area contributed by atoms with Gasteiger partial charge in [0.1, 0.15) is 11.5 Å². The Labute approximate surface area is 185 Å². The first-order valence-corrected chi connectivity index (χ1v) is 11.0. The van der Waals surface area contributed by atoms with Gasteiger partial charge >= 0.3 is 0 Å². The summed E-state index contributed by atoms with van der Waals surface area (Å²) < 4.78 is 5.59. The summed E-state index contributed by atoms with van der Waals surface area (Å²) >= 11 is 0. The topological polar surface area (TPSA) is 66.8 Å². The maximum atomic E-state index is 13.3. The molecular weight excluding hydrogens is 390 g/mol. The van der Waals surface area contributed by atoms with Crippen LogP contribution in [0.5, 0.6) is 11.5 Å². The van der Waals surface area contributed by atoms with E-state index in [0.717, 1.165) is 30.6 Å². The van der Waals surface area contributed by atoms with Gasteiger partial charge in [-0.2, -0.15) is 0 Å². The number of hydrogen-bond acceptors (Lipinski definition) is 4. The number of ketones is 1. The number of amides is 1. The summed E-state index contributed by atoms with van der Waals surface area (Å²) in [5.74, 6) is 1.31. The lowest BCUT2D eigenvalue weighted by Gasteiger charge is -2.36. The maximum absolute atomic E-state index is 13.3. The zero-order chi connectivity index (χ0) is 22.7. The first-order valence-electron chi connectivity index (χ1n) is 11.0. The third-order valence-electron chi connectivity index (χ3n) is 6.15. The molecular formula is C26H33NO4. The Morgan fingerprint density at radius 2 is 1.74 bits per heavy atom. The molecule has 1 amide bonds. The number of phenols is 1. The van der Waals surface area contributed by atoms with E-state index in [1.165, 1.54) is 6.92 Å². The lowest BCUT2D eigenvalue weighted by Crippen LogP contribution is -2.43. The smallest absolute Gasteiger partial charge is 0.223 e.